The molecule has 0 bridgehead atoms. The summed E-state index contributed by atoms with van der Waals surface area (Å²) in [4.78, 5) is 34.1. The van der Waals surface area contributed by atoms with E-state index in [2.05, 4.69) is 21.7 Å². The molecular weight excluding hydrogens is 434 g/mol. The number of benzene rings is 2. The van der Waals surface area contributed by atoms with Gasteiger partial charge in [0.2, 0.25) is 5.91 Å². The number of nitrogens with one attached hydrogen (secondary N) is 1. The summed E-state index contributed by atoms with van der Waals surface area (Å²) in [6.45, 7) is 4.33. The molecule has 0 saturated carbocycles. The molecule has 5 nitrogen and oxygen atoms in total. The maximum Gasteiger partial charge on any atom is 0.272 e. The molecule has 0 unspecified atom stereocenters. The van der Waals surface area contributed by atoms with E-state index in [9.17, 15) is 9.59 Å². The van der Waals surface area contributed by atoms with Crippen molar-refractivity contribution >= 4 is 34.1 Å². The second kappa shape index (κ2) is 9.22. The van der Waals surface area contributed by atoms with Crippen LogP contribution in [0.3, 0.4) is 0 Å². The summed E-state index contributed by atoms with van der Waals surface area (Å²) < 4.78 is 0. The van der Waals surface area contributed by atoms with Crippen molar-refractivity contribution < 1.29 is 4.79 Å². The molecule has 1 N–H and O–H groups in total. The zero-order valence-corrected chi connectivity index (χ0v) is 19.8. The molecule has 1 amide bonds. The summed E-state index contributed by atoms with van der Waals surface area (Å²) in [5, 5.41) is 1.55. The lowest BCUT2D eigenvalue weighted by Crippen LogP contribution is -2.50. The molecule has 2 fully saturated rings. The number of anilines is 1. The van der Waals surface area contributed by atoms with Gasteiger partial charge in [-0.25, -0.2) is 0 Å². The van der Waals surface area contributed by atoms with Crippen LogP contribution in [0.5, 0.6) is 0 Å². The molecular formula is C27H30ClN3O2. The minimum absolute atomic E-state index is 0.0858. The van der Waals surface area contributed by atoms with Crippen LogP contribution in [0.15, 0.2) is 53.3 Å². The molecule has 0 aliphatic carbocycles. The van der Waals surface area contributed by atoms with Gasteiger partial charge in [0.25, 0.3) is 5.56 Å². The number of hydrogen-bond donors (Lipinski definition) is 1. The molecule has 1 aromatic heterocycles. The fraction of sp³-hybridized carbons (Fsp3) is 0.407. The standard InChI is InChI=1S/C27H30ClN3O2/c1-18-8-5-6-15-31(18)27(33)20-11-7-14-30(17-20)25-24(19-9-3-2-4-10-19)22-16-21(28)12-13-23(22)29-26(25)32/h2-4,9-10,12-13,16,18,20H,5-8,11,14-15,17H2,1H3,(H,29,32)/t18-,20-/m1/s1. The molecule has 5 rings (SSSR count). The number of H-pyrrole nitrogens is 1. The van der Waals surface area contributed by atoms with Crippen molar-refractivity contribution in [2.24, 2.45) is 5.92 Å². The summed E-state index contributed by atoms with van der Waals surface area (Å²) >= 11 is 6.36. The van der Waals surface area contributed by atoms with Gasteiger partial charge in [-0.2, -0.15) is 0 Å². The van der Waals surface area contributed by atoms with Crippen LogP contribution >= 0.6 is 11.6 Å². The minimum Gasteiger partial charge on any atom is -0.366 e. The number of halogens is 1. The van der Waals surface area contributed by atoms with Gasteiger partial charge in [0.05, 0.1) is 5.92 Å². The second-order valence-electron chi connectivity index (χ2n) is 9.40. The largest absolute Gasteiger partial charge is 0.366 e. The third kappa shape index (κ3) is 4.26. The number of hydrogen-bond acceptors (Lipinski definition) is 3. The van der Waals surface area contributed by atoms with Crippen LogP contribution in [-0.2, 0) is 4.79 Å². The van der Waals surface area contributed by atoms with Crippen molar-refractivity contribution in [3.05, 3.63) is 63.9 Å². The van der Waals surface area contributed by atoms with Gasteiger partial charge in [-0.15, -0.1) is 0 Å². The number of carbonyl (C=O) groups is 1. The van der Waals surface area contributed by atoms with Gasteiger partial charge < -0.3 is 14.8 Å². The third-order valence-corrected chi connectivity index (χ3v) is 7.42. The second-order valence-corrected chi connectivity index (χ2v) is 9.83. The smallest absolute Gasteiger partial charge is 0.272 e. The van der Waals surface area contributed by atoms with Crippen molar-refractivity contribution in [2.45, 2.75) is 45.1 Å². The van der Waals surface area contributed by atoms with Gasteiger partial charge in [0.1, 0.15) is 5.69 Å². The van der Waals surface area contributed by atoms with Gasteiger partial charge in [0.15, 0.2) is 0 Å². The fourth-order valence-electron chi connectivity index (χ4n) is 5.50. The summed E-state index contributed by atoms with van der Waals surface area (Å²) in [6, 6.07) is 15.9. The monoisotopic (exact) mass is 463 g/mol. The summed E-state index contributed by atoms with van der Waals surface area (Å²) in [5.74, 6) is 0.158. The van der Waals surface area contributed by atoms with Crippen molar-refractivity contribution in [3.63, 3.8) is 0 Å². The van der Waals surface area contributed by atoms with Gasteiger partial charge in [-0.3, -0.25) is 9.59 Å². The van der Waals surface area contributed by atoms with Crippen LogP contribution in [0.4, 0.5) is 5.69 Å². The Morgan fingerprint density at radius 1 is 1.03 bits per heavy atom. The van der Waals surface area contributed by atoms with Crippen molar-refractivity contribution in [1.29, 1.82) is 0 Å². The highest BCUT2D eigenvalue weighted by Crippen LogP contribution is 2.37. The maximum atomic E-state index is 13.4. The maximum absolute atomic E-state index is 13.4. The van der Waals surface area contributed by atoms with Gasteiger partial charge in [-0.05, 0) is 62.8 Å². The molecule has 6 heteroatoms. The van der Waals surface area contributed by atoms with Gasteiger partial charge >= 0.3 is 0 Å². The van der Waals surface area contributed by atoms with E-state index in [1.165, 1.54) is 6.42 Å². The third-order valence-electron chi connectivity index (χ3n) is 7.19. The molecule has 2 aromatic carbocycles. The van der Waals surface area contributed by atoms with Crippen LogP contribution < -0.4 is 10.5 Å². The predicted molar refractivity (Wildman–Crippen MR) is 135 cm³/mol. The molecule has 0 spiro atoms. The lowest BCUT2D eigenvalue weighted by molar-refractivity contribution is -0.139. The zero-order valence-electron chi connectivity index (χ0n) is 19.0. The lowest BCUT2D eigenvalue weighted by Gasteiger charge is -2.40. The van der Waals surface area contributed by atoms with E-state index in [-0.39, 0.29) is 17.4 Å². The Bertz CT molecular complexity index is 1220. The number of likely N-dealkylation sites (tertiary alicyclic amines) is 1. The van der Waals surface area contributed by atoms with E-state index in [1.54, 1.807) is 6.07 Å². The van der Waals surface area contributed by atoms with Crippen LogP contribution in [-0.4, -0.2) is 41.5 Å². The van der Waals surface area contributed by atoms with E-state index in [4.69, 9.17) is 11.6 Å². The highest BCUT2D eigenvalue weighted by molar-refractivity contribution is 6.31. The summed E-state index contributed by atoms with van der Waals surface area (Å²) in [5.41, 5.74) is 3.14. The van der Waals surface area contributed by atoms with Crippen molar-refractivity contribution in [3.8, 4) is 11.1 Å². The van der Waals surface area contributed by atoms with Crippen molar-refractivity contribution in [2.75, 3.05) is 24.5 Å². The highest BCUT2D eigenvalue weighted by Gasteiger charge is 2.34. The highest BCUT2D eigenvalue weighted by atomic mass is 35.5. The number of pyridine rings is 1. The zero-order chi connectivity index (χ0) is 22.9. The first-order chi connectivity index (χ1) is 16.0. The normalized spacial score (nSPS) is 21.4. The Hall–Kier alpha value is -2.79. The number of nitrogens with zero attached hydrogens (tertiary/aromatic N) is 2. The molecule has 2 aliphatic rings. The quantitative estimate of drug-likeness (QED) is 0.560. The Morgan fingerprint density at radius 2 is 1.85 bits per heavy atom. The SMILES string of the molecule is C[C@@H]1CCCCN1C(=O)[C@@H]1CCCN(c2c(-c3ccccc3)c3cc(Cl)ccc3[nH]c2=O)C1. The van der Waals surface area contributed by atoms with Gasteiger partial charge in [0, 0.05) is 47.2 Å². The van der Waals surface area contributed by atoms with Crippen molar-refractivity contribution in [1.82, 2.24) is 9.88 Å². The van der Waals surface area contributed by atoms with E-state index in [0.717, 1.165) is 60.8 Å². The topological polar surface area (TPSA) is 56.4 Å². The first kappa shape index (κ1) is 22.0. The number of piperidine rings is 2. The van der Waals surface area contributed by atoms with Gasteiger partial charge in [-0.1, -0.05) is 41.9 Å². The van der Waals surface area contributed by atoms with E-state index < -0.39 is 0 Å². The van der Waals surface area contributed by atoms with E-state index >= 15 is 0 Å². The summed E-state index contributed by atoms with van der Waals surface area (Å²) in [7, 11) is 0. The fourth-order valence-corrected chi connectivity index (χ4v) is 5.67. The first-order valence-electron chi connectivity index (χ1n) is 12.0. The van der Waals surface area contributed by atoms with E-state index in [1.807, 2.05) is 42.5 Å². The number of amides is 1. The molecule has 3 aromatic rings. The number of rotatable bonds is 3. The summed E-state index contributed by atoms with van der Waals surface area (Å²) in [6.07, 6.45) is 5.11. The number of aromatic amines is 1. The Kier molecular flexibility index (Phi) is 6.15. The molecule has 33 heavy (non-hydrogen) atoms. The number of carbonyl (C=O) groups excluding carboxylic acids is 1. The molecule has 0 radical (unpaired) electrons. The van der Waals surface area contributed by atoms with Crippen LogP contribution in [0.25, 0.3) is 22.0 Å². The van der Waals surface area contributed by atoms with Crippen LogP contribution in [0.2, 0.25) is 5.02 Å². The molecule has 2 atom stereocenters. The minimum atomic E-state index is -0.122. The predicted octanol–water partition coefficient (Wildman–Crippen LogP) is 5.47. The molecule has 172 valence electrons. The molecule has 2 aliphatic heterocycles. The number of fused-ring (bicyclic) bond motifs is 1. The lowest BCUT2D eigenvalue weighted by atomic mass is 9.92. The first-order valence-corrected chi connectivity index (χ1v) is 12.4. The molecule has 3 heterocycles. The average Bonchev–Trinajstić information content (AvgIpc) is 2.84. The van der Waals surface area contributed by atoms with Crippen LogP contribution in [0.1, 0.15) is 39.0 Å². The van der Waals surface area contributed by atoms with Crippen LogP contribution in [0, 0.1) is 5.92 Å². The number of aromatic nitrogens is 1. The van der Waals surface area contributed by atoms with E-state index in [0.29, 0.717) is 23.3 Å². The Balaban J connectivity index is 1.57. The average molecular weight is 464 g/mol. The Labute approximate surface area is 199 Å². The Morgan fingerprint density at radius 3 is 2.64 bits per heavy atom. The molecule has 2 saturated heterocycles.